The first-order valence-electron chi connectivity index (χ1n) is 6.69. The monoisotopic (exact) mass is 272 g/mol. The summed E-state index contributed by atoms with van der Waals surface area (Å²) >= 11 is 0. The highest BCUT2D eigenvalue weighted by atomic mass is 19.1. The Bertz CT molecular complexity index is 704. The van der Waals surface area contributed by atoms with Gasteiger partial charge in [-0.15, -0.1) is 0 Å². The first-order chi connectivity index (χ1) is 9.58. The molecule has 0 spiro atoms. The number of halogens is 2. The number of carbonyl (C=O) groups is 1. The predicted molar refractivity (Wildman–Crippen MR) is 73.0 cm³/mol. The minimum atomic E-state index is -0.807. The van der Waals surface area contributed by atoms with Crippen molar-refractivity contribution in [3.63, 3.8) is 0 Å². The van der Waals surface area contributed by atoms with Gasteiger partial charge in [-0.25, -0.2) is 8.78 Å². The highest BCUT2D eigenvalue weighted by molar-refractivity contribution is 6.09. The van der Waals surface area contributed by atoms with Crippen molar-refractivity contribution in [2.75, 3.05) is 0 Å². The zero-order chi connectivity index (χ0) is 14.3. The van der Waals surface area contributed by atoms with E-state index >= 15 is 0 Å². The zero-order valence-corrected chi connectivity index (χ0v) is 11.2. The molecule has 2 aromatic rings. The molecule has 0 unspecified atom stereocenters. The summed E-state index contributed by atoms with van der Waals surface area (Å²) < 4.78 is 27.8. The van der Waals surface area contributed by atoms with Crippen LogP contribution in [0.5, 0.6) is 0 Å². The molecule has 0 heterocycles. The van der Waals surface area contributed by atoms with Crippen LogP contribution in [0, 0.1) is 18.6 Å². The molecule has 0 radical (unpaired) electrons. The summed E-state index contributed by atoms with van der Waals surface area (Å²) in [5.74, 6) is -2.16. The van der Waals surface area contributed by atoms with Gasteiger partial charge in [0.05, 0.1) is 5.56 Å². The molecule has 0 atom stereocenters. The van der Waals surface area contributed by atoms with Crippen molar-refractivity contribution < 1.29 is 13.6 Å². The Balaban J connectivity index is 2.07. The third-order valence-electron chi connectivity index (χ3n) is 3.87. The number of hydrogen-bond acceptors (Lipinski definition) is 1. The third-order valence-corrected chi connectivity index (χ3v) is 3.87. The molecule has 0 amide bonds. The molecule has 3 rings (SSSR count). The van der Waals surface area contributed by atoms with E-state index in [0.717, 1.165) is 30.9 Å². The molecule has 1 nitrogen and oxygen atoms in total. The zero-order valence-electron chi connectivity index (χ0n) is 11.2. The van der Waals surface area contributed by atoms with E-state index in [0.29, 0.717) is 5.56 Å². The summed E-state index contributed by atoms with van der Waals surface area (Å²) in [5.41, 5.74) is 2.52. The molecule has 0 bridgehead atoms. The molecule has 102 valence electrons. The normalized spacial score (nSPS) is 13.3. The fourth-order valence-corrected chi connectivity index (χ4v) is 2.72. The van der Waals surface area contributed by atoms with E-state index in [1.54, 1.807) is 12.1 Å². The van der Waals surface area contributed by atoms with Crippen LogP contribution < -0.4 is 0 Å². The average Bonchev–Trinajstić information content (AvgIpc) is 2.90. The van der Waals surface area contributed by atoms with Gasteiger partial charge in [0.25, 0.3) is 0 Å². The second-order valence-corrected chi connectivity index (χ2v) is 5.22. The van der Waals surface area contributed by atoms with Gasteiger partial charge in [-0.2, -0.15) is 0 Å². The van der Waals surface area contributed by atoms with E-state index in [1.165, 1.54) is 18.6 Å². The van der Waals surface area contributed by atoms with Gasteiger partial charge in [0.15, 0.2) is 5.78 Å². The smallest absolute Gasteiger partial charge is 0.198 e. The number of aryl methyl sites for hydroxylation is 3. The summed E-state index contributed by atoms with van der Waals surface area (Å²) in [4.78, 5) is 12.4. The standard InChI is InChI=1S/C17H14F2O/c1-10-5-8-14(18)15(16(10)19)17(20)13-7-6-11-3-2-4-12(11)9-13/h5-9H,2-4H2,1H3. The predicted octanol–water partition coefficient (Wildman–Crippen LogP) is 3.99. The molecule has 2 aromatic carbocycles. The van der Waals surface area contributed by atoms with Gasteiger partial charge in [0, 0.05) is 5.56 Å². The number of benzene rings is 2. The van der Waals surface area contributed by atoms with Crippen molar-refractivity contribution in [2.24, 2.45) is 0 Å². The Morgan fingerprint density at radius 3 is 2.60 bits per heavy atom. The van der Waals surface area contributed by atoms with E-state index < -0.39 is 23.0 Å². The SMILES string of the molecule is Cc1ccc(F)c(C(=O)c2ccc3c(c2)CCC3)c1F. The van der Waals surface area contributed by atoms with Gasteiger partial charge in [-0.05, 0) is 55.0 Å². The summed E-state index contributed by atoms with van der Waals surface area (Å²) in [7, 11) is 0. The Labute approximate surface area is 116 Å². The van der Waals surface area contributed by atoms with Crippen molar-refractivity contribution in [2.45, 2.75) is 26.2 Å². The molecule has 0 saturated heterocycles. The van der Waals surface area contributed by atoms with Crippen LogP contribution in [0.3, 0.4) is 0 Å². The number of rotatable bonds is 2. The van der Waals surface area contributed by atoms with Crippen LogP contribution in [0.2, 0.25) is 0 Å². The van der Waals surface area contributed by atoms with Crippen LogP contribution in [0.1, 0.15) is 39.0 Å². The van der Waals surface area contributed by atoms with Crippen molar-refractivity contribution in [1.82, 2.24) is 0 Å². The molecular formula is C17H14F2O. The summed E-state index contributed by atoms with van der Waals surface area (Å²) in [5, 5.41) is 0. The van der Waals surface area contributed by atoms with Gasteiger partial charge in [-0.1, -0.05) is 18.2 Å². The van der Waals surface area contributed by atoms with Crippen LogP contribution in [-0.4, -0.2) is 5.78 Å². The van der Waals surface area contributed by atoms with Gasteiger partial charge >= 0.3 is 0 Å². The first kappa shape index (κ1) is 13.0. The lowest BCUT2D eigenvalue weighted by molar-refractivity contribution is 0.103. The summed E-state index contributed by atoms with van der Waals surface area (Å²) in [6.07, 6.45) is 3.01. The summed E-state index contributed by atoms with van der Waals surface area (Å²) in [6.45, 7) is 1.52. The van der Waals surface area contributed by atoms with Crippen molar-refractivity contribution in [3.8, 4) is 0 Å². The maximum Gasteiger partial charge on any atom is 0.198 e. The van der Waals surface area contributed by atoms with E-state index in [2.05, 4.69) is 0 Å². The number of fused-ring (bicyclic) bond motifs is 1. The maximum absolute atomic E-state index is 14.0. The van der Waals surface area contributed by atoms with Crippen molar-refractivity contribution in [3.05, 3.63) is 69.8 Å². The van der Waals surface area contributed by atoms with Crippen LogP contribution >= 0.6 is 0 Å². The minimum Gasteiger partial charge on any atom is -0.288 e. The molecule has 0 saturated carbocycles. The molecule has 0 N–H and O–H groups in total. The molecule has 1 aliphatic rings. The fourth-order valence-electron chi connectivity index (χ4n) is 2.72. The molecule has 3 heteroatoms. The highest BCUT2D eigenvalue weighted by Crippen LogP contribution is 2.25. The van der Waals surface area contributed by atoms with Gasteiger partial charge in [0.2, 0.25) is 0 Å². The third kappa shape index (κ3) is 2.03. The quantitative estimate of drug-likeness (QED) is 0.755. The lowest BCUT2D eigenvalue weighted by Gasteiger charge is -2.08. The molecule has 0 fully saturated rings. The Kier molecular flexibility index (Phi) is 3.13. The van der Waals surface area contributed by atoms with Crippen LogP contribution in [-0.2, 0) is 12.8 Å². The number of ketones is 1. The Hall–Kier alpha value is -2.03. The van der Waals surface area contributed by atoms with Gasteiger partial charge < -0.3 is 0 Å². The lowest BCUT2D eigenvalue weighted by Crippen LogP contribution is -2.09. The van der Waals surface area contributed by atoms with Gasteiger partial charge in [-0.3, -0.25) is 4.79 Å². The van der Waals surface area contributed by atoms with Crippen LogP contribution in [0.25, 0.3) is 0 Å². The second kappa shape index (κ2) is 4.82. The average molecular weight is 272 g/mol. The van der Waals surface area contributed by atoms with Crippen LogP contribution in [0.15, 0.2) is 30.3 Å². The Morgan fingerprint density at radius 2 is 1.80 bits per heavy atom. The molecule has 1 aliphatic carbocycles. The van der Waals surface area contributed by atoms with Crippen molar-refractivity contribution >= 4 is 5.78 Å². The molecular weight excluding hydrogens is 258 g/mol. The lowest BCUT2D eigenvalue weighted by atomic mass is 9.97. The van der Waals surface area contributed by atoms with E-state index in [1.807, 2.05) is 6.07 Å². The minimum absolute atomic E-state index is 0.274. The second-order valence-electron chi connectivity index (χ2n) is 5.22. The Morgan fingerprint density at radius 1 is 1.05 bits per heavy atom. The number of carbonyl (C=O) groups excluding carboxylic acids is 1. The van der Waals surface area contributed by atoms with Crippen LogP contribution in [0.4, 0.5) is 8.78 Å². The maximum atomic E-state index is 14.0. The highest BCUT2D eigenvalue weighted by Gasteiger charge is 2.22. The molecule has 20 heavy (non-hydrogen) atoms. The van der Waals surface area contributed by atoms with Gasteiger partial charge in [0.1, 0.15) is 11.6 Å². The number of hydrogen-bond donors (Lipinski definition) is 0. The topological polar surface area (TPSA) is 17.1 Å². The molecule has 0 aromatic heterocycles. The van der Waals surface area contributed by atoms with E-state index in [9.17, 15) is 13.6 Å². The van der Waals surface area contributed by atoms with E-state index in [-0.39, 0.29) is 5.56 Å². The van der Waals surface area contributed by atoms with Crippen molar-refractivity contribution in [1.29, 1.82) is 0 Å². The van der Waals surface area contributed by atoms with E-state index in [4.69, 9.17) is 0 Å². The first-order valence-corrected chi connectivity index (χ1v) is 6.69. The fraction of sp³-hybridized carbons (Fsp3) is 0.235. The molecule has 0 aliphatic heterocycles. The summed E-state index contributed by atoms with van der Waals surface area (Å²) in [6, 6.07) is 7.80. The largest absolute Gasteiger partial charge is 0.288 e.